The second-order valence-corrected chi connectivity index (χ2v) is 6.21. The fraction of sp³-hybridized carbons (Fsp3) is 0.381. The molecule has 0 saturated heterocycles. The van der Waals surface area contributed by atoms with Crippen molar-refractivity contribution < 1.29 is 9.47 Å². The average molecular weight is 498 g/mol. The van der Waals surface area contributed by atoms with Gasteiger partial charge in [-0.1, -0.05) is 24.3 Å². The first-order valence-electron chi connectivity index (χ1n) is 9.06. The largest absolute Gasteiger partial charge is 0.496 e. The number of rotatable bonds is 9. The second-order valence-electron chi connectivity index (χ2n) is 6.21. The lowest BCUT2D eigenvalue weighted by Crippen LogP contribution is -2.36. The van der Waals surface area contributed by atoms with Crippen molar-refractivity contribution in [1.29, 1.82) is 0 Å². The lowest BCUT2D eigenvalue weighted by Gasteiger charge is -2.14. The number of guanidine groups is 1. The van der Waals surface area contributed by atoms with Crippen LogP contribution in [0.5, 0.6) is 5.75 Å². The predicted molar refractivity (Wildman–Crippen MR) is 127 cm³/mol. The molecule has 2 aromatic carbocycles. The topological polar surface area (TPSA) is 66.9 Å². The molecule has 0 unspecified atom stereocenters. The zero-order chi connectivity index (χ0) is 19.5. The van der Waals surface area contributed by atoms with E-state index in [1.165, 1.54) is 11.1 Å². The van der Waals surface area contributed by atoms with Crippen LogP contribution in [0.1, 0.15) is 16.7 Å². The van der Waals surface area contributed by atoms with Crippen molar-refractivity contribution in [2.24, 2.45) is 4.99 Å². The van der Waals surface area contributed by atoms with Gasteiger partial charge in [0.05, 0.1) is 13.7 Å². The van der Waals surface area contributed by atoms with Gasteiger partial charge in [-0.25, -0.2) is 0 Å². The van der Waals surface area contributed by atoms with Crippen molar-refractivity contribution >= 4 is 35.6 Å². The molecule has 0 aromatic heterocycles. The highest BCUT2D eigenvalue weighted by atomic mass is 127. The first-order valence-corrected chi connectivity index (χ1v) is 9.06. The number of benzene rings is 2. The molecule has 0 bridgehead atoms. The fourth-order valence-corrected chi connectivity index (χ4v) is 2.62. The van der Waals surface area contributed by atoms with E-state index in [-0.39, 0.29) is 24.0 Å². The SMILES string of the molecule is CN=C(NCc1ccc(NCCOC)cc1)NCc1ccc(C)cc1OC.I. The summed E-state index contributed by atoms with van der Waals surface area (Å²) in [7, 11) is 5.16. The summed E-state index contributed by atoms with van der Waals surface area (Å²) in [4.78, 5) is 4.29. The fourth-order valence-electron chi connectivity index (χ4n) is 2.62. The Morgan fingerprint density at radius 3 is 2.36 bits per heavy atom. The van der Waals surface area contributed by atoms with E-state index < -0.39 is 0 Å². The molecule has 0 saturated carbocycles. The van der Waals surface area contributed by atoms with E-state index in [2.05, 4.69) is 64.3 Å². The number of methoxy groups -OCH3 is 2. The maximum absolute atomic E-state index is 5.45. The summed E-state index contributed by atoms with van der Waals surface area (Å²) in [6.07, 6.45) is 0. The summed E-state index contributed by atoms with van der Waals surface area (Å²) < 4.78 is 10.5. The summed E-state index contributed by atoms with van der Waals surface area (Å²) in [5.41, 5.74) is 4.55. The van der Waals surface area contributed by atoms with Gasteiger partial charge >= 0.3 is 0 Å². The zero-order valence-electron chi connectivity index (χ0n) is 17.0. The first-order chi connectivity index (χ1) is 13.2. The van der Waals surface area contributed by atoms with Crippen LogP contribution in [0.25, 0.3) is 0 Å². The molecule has 0 aliphatic heterocycles. The van der Waals surface area contributed by atoms with Crippen molar-refractivity contribution in [2.75, 3.05) is 39.7 Å². The Morgan fingerprint density at radius 1 is 1.00 bits per heavy atom. The molecule has 3 N–H and O–H groups in total. The molecule has 0 fully saturated rings. The molecule has 0 aliphatic rings. The van der Waals surface area contributed by atoms with Crippen molar-refractivity contribution in [3.05, 3.63) is 59.2 Å². The Labute approximate surface area is 185 Å². The van der Waals surface area contributed by atoms with E-state index in [0.29, 0.717) is 19.7 Å². The highest BCUT2D eigenvalue weighted by molar-refractivity contribution is 14.0. The Kier molecular flexibility index (Phi) is 11.4. The summed E-state index contributed by atoms with van der Waals surface area (Å²) in [6.45, 7) is 4.89. The predicted octanol–water partition coefficient (Wildman–Crippen LogP) is 3.55. The molecule has 28 heavy (non-hydrogen) atoms. The third kappa shape index (κ3) is 7.93. The van der Waals surface area contributed by atoms with E-state index >= 15 is 0 Å². The van der Waals surface area contributed by atoms with Crippen LogP contribution in [0, 0.1) is 6.92 Å². The zero-order valence-corrected chi connectivity index (χ0v) is 19.4. The standard InChI is InChI=1S/C21H30N4O2.HI/c1-16-5-8-18(20(13-16)27-4)15-25-21(22-2)24-14-17-6-9-19(10-7-17)23-11-12-26-3;/h5-10,13,23H,11-12,14-15H2,1-4H3,(H2,22,24,25);1H. The van der Waals surface area contributed by atoms with Gasteiger partial charge in [0.2, 0.25) is 0 Å². The first kappa shape index (κ1) is 24.0. The Bertz CT molecular complexity index is 736. The van der Waals surface area contributed by atoms with Gasteiger partial charge in [-0.3, -0.25) is 4.99 Å². The third-order valence-electron chi connectivity index (χ3n) is 4.16. The van der Waals surface area contributed by atoms with Crippen LogP contribution in [-0.4, -0.2) is 40.4 Å². The number of hydrogen-bond donors (Lipinski definition) is 3. The number of anilines is 1. The molecule has 6 nitrogen and oxygen atoms in total. The van der Waals surface area contributed by atoms with Crippen LogP contribution < -0.4 is 20.7 Å². The second kappa shape index (κ2) is 13.2. The highest BCUT2D eigenvalue weighted by Gasteiger charge is 2.05. The van der Waals surface area contributed by atoms with Gasteiger partial charge in [0.15, 0.2) is 5.96 Å². The van der Waals surface area contributed by atoms with Crippen molar-refractivity contribution in [3.8, 4) is 5.75 Å². The van der Waals surface area contributed by atoms with Crippen LogP contribution in [-0.2, 0) is 17.8 Å². The highest BCUT2D eigenvalue weighted by Crippen LogP contribution is 2.19. The van der Waals surface area contributed by atoms with E-state index in [1.807, 2.05) is 6.07 Å². The molecule has 0 radical (unpaired) electrons. The Hall–Kier alpha value is -2.00. The maximum atomic E-state index is 5.45. The third-order valence-corrected chi connectivity index (χ3v) is 4.16. The molecule has 2 aromatic rings. The van der Waals surface area contributed by atoms with Gasteiger partial charge in [-0.05, 0) is 36.2 Å². The van der Waals surface area contributed by atoms with Crippen LogP contribution >= 0.6 is 24.0 Å². The van der Waals surface area contributed by atoms with Gasteiger partial charge in [0, 0.05) is 45.0 Å². The lowest BCUT2D eigenvalue weighted by molar-refractivity contribution is 0.211. The van der Waals surface area contributed by atoms with E-state index in [9.17, 15) is 0 Å². The average Bonchev–Trinajstić information content (AvgIpc) is 2.70. The Morgan fingerprint density at radius 2 is 1.71 bits per heavy atom. The van der Waals surface area contributed by atoms with Gasteiger partial charge in [-0.15, -0.1) is 24.0 Å². The number of ether oxygens (including phenoxy) is 2. The number of nitrogens with one attached hydrogen (secondary N) is 3. The monoisotopic (exact) mass is 498 g/mol. The minimum absolute atomic E-state index is 0. The number of aliphatic imine (C=N–C) groups is 1. The molecule has 0 atom stereocenters. The van der Waals surface area contributed by atoms with Gasteiger partial charge < -0.3 is 25.4 Å². The van der Waals surface area contributed by atoms with Crippen molar-refractivity contribution in [3.63, 3.8) is 0 Å². The van der Waals surface area contributed by atoms with Crippen molar-refractivity contribution in [2.45, 2.75) is 20.0 Å². The molecular formula is C21H31IN4O2. The number of nitrogens with zero attached hydrogens (tertiary/aromatic N) is 1. The quantitative estimate of drug-likeness (QED) is 0.214. The molecule has 7 heteroatoms. The van der Waals surface area contributed by atoms with Gasteiger partial charge in [0.25, 0.3) is 0 Å². The smallest absolute Gasteiger partial charge is 0.191 e. The van der Waals surface area contributed by atoms with Gasteiger partial charge in [0.1, 0.15) is 5.75 Å². The molecule has 0 aliphatic carbocycles. The molecule has 2 rings (SSSR count). The number of hydrogen-bond acceptors (Lipinski definition) is 4. The van der Waals surface area contributed by atoms with E-state index in [4.69, 9.17) is 9.47 Å². The molecule has 0 spiro atoms. The summed E-state index contributed by atoms with van der Waals surface area (Å²) in [6, 6.07) is 14.5. The number of halogens is 1. The minimum atomic E-state index is 0. The Balaban J connectivity index is 0.00000392. The van der Waals surface area contributed by atoms with Crippen LogP contribution in [0.4, 0.5) is 5.69 Å². The molecular weight excluding hydrogens is 467 g/mol. The minimum Gasteiger partial charge on any atom is -0.496 e. The lowest BCUT2D eigenvalue weighted by atomic mass is 10.1. The normalized spacial score (nSPS) is 10.8. The van der Waals surface area contributed by atoms with E-state index in [0.717, 1.165) is 29.5 Å². The van der Waals surface area contributed by atoms with Crippen LogP contribution in [0.15, 0.2) is 47.5 Å². The summed E-state index contributed by atoms with van der Waals surface area (Å²) in [5, 5.41) is 9.97. The maximum Gasteiger partial charge on any atom is 0.191 e. The molecule has 0 heterocycles. The summed E-state index contributed by atoms with van der Waals surface area (Å²) >= 11 is 0. The molecule has 0 amide bonds. The van der Waals surface area contributed by atoms with Crippen LogP contribution in [0.2, 0.25) is 0 Å². The van der Waals surface area contributed by atoms with Crippen molar-refractivity contribution in [1.82, 2.24) is 10.6 Å². The summed E-state index contributed by atoms with van der Waals surface area (Å²) in [5.74, 6) is 1.63. The number of aryl methyl sites for hydroxylation is 1. The van der Waals surface area contributed by atoms with Crippen LogP contribution in [0.3, 0.4) is 0 Å². The van der Waals surface area contributed by atoms with E-state index in [1.54, 1.807) is 21.3 Å². The molecule has 154 valence electrons. The van der Waals surface area contributed by atoms with Gasteiger partial charge in [-0.2, -0.15) is 0 Å².